The number of carbonyl (C=O) groups is 2. The summed E-state index contributed by atoms with van der Waals surface area (Å²) in [7, 11) is 0. The van der Waals surface area contributed by atoms with Crippen molar-refractivity contribution in [1.82, 2.24) is 4.90 Å². The van der Waals surface area contributed by atoms with E-state index >= 15 is 0 Å². The lowest BCUT2D eigenvalue weighted by Crippen LogP contribution is -2.53. The van der Waals surface area contributed by atoms with Gasteiger partial charge < -0.3 is 15.7 Å². The van der Waals surface area contributed by atoms with E-state index in [2.05, 4.69) is 0 Å². The summed E-state index contributed by atoms with van der Waals surface area (Å²) >= 11 is 0. The molecule has 0 aromatic heterocycles. The molecule has 2 fully saturated rings. The van der Waals surface area contributed by atoms with Crippen molar-refractivity contribution in [3.63, 3.8) is 0 Å². The van der Waals surface area contributed by atoms with Crippen molar-refractivity contribution in [2.45, 2.75) is 57.0 Å². The fourth-order valence-electron chi connectivity index (χ4n) is 3.21. The third-order valence-electron chi connectivity index (χ3n) is 4.43. The van der Waals surface area contributed by atoms with Crippen LogP contribution >= 0.6 is 0 Å². The molecule has 0 radical (unpaired) electrons. The maximum Gasteiger partial charge on any atom is 0.329 e. The first-order valence-electron chi connectivity index (χ1n) is 6.75. The van der Waals surface area contributed by atoms with Crippen LogP contribution in [0.5, 0.6) is 0 Å². The Morgan fingerprint density at radius 2 is 2.06 bits per heavy atom. The average molecular weight is 254 g/mol. The van der Waals surface area contributed by atoms with E-state index in [4.69, 9.17) is 5.73 Å². The predicted molar refractivity (Wildman–Crippen MR) is 66.9 cm³/mol. The molecule has 0 spiro atoms. The number of hydrogen-bond donors (Lipinski definition) is 2. The number of carboxylic acids is 1. The smallest absolute Gasteiger partial charge is 0.329 e. The summed E-state index contributed by atoms with van der Waals surface area (Å²) in [5.41, 5.74) is 4.89. The third-order valence-corrected chi connectivity index (χ3v) is 4.43. The van der Waals surface area contributed by atoms with Gasteiger partial charge in [-0.3, -0.25) is 4.79 Å². The molecule has 1 saturated heterocycles. The van der Waals surface area contributed by atoms with Crippen LogP contribution in [-0.2, 0) is 9.59 Å². The van der Waals surface area contributed by atoms with Crippen molar-refractivity contribution < 1.29 is 14.7 Å². The number of amides is 1. The Bertz CT molecular complexity index is 358. The zero-order chi connectivity index (χ0) is 13.3. The van der Waals surface area contributed by atoms with E-state index in [1.54, 1.807) is 11.8 Å². The van der Waals surface area contributed by atoms with Crippen LogP contribution in [0.2, 0.25) is 0 Å². The lowest BCUT2D eigenvalue weighted by Gasteiger charge is -2.36. The highest BCUT2D eigenvalue weighted by molar-refractivity contribution is 5.88. The molecular formula is C13H22N2O3. The second-order valence-electron chi connectivity index (χ2n) is 5.80. The van der Waals surface area contributed by atoms with Crippen molar-refractivity contribution >= 4 is 11.9 Å². The minimum absolute atomic E-state index is 0.00690. The van der Waals surface area contributed by atoms with Crippen molar-refractivity contribution in [1.29, 1.82) is 0 Å². The van der Waals surface area contributed by atoms with Gasteiger partial charge in [0.2, 0.25) is 5.91 Å². The molecule has 5 heteroatoms. The van der Waals surface area contributed by atoms with E-state index in [9.17, 15) is 14.7 Å². The van der Waals surface area contributed by atoms with Crippen LogP contribution in [0.25, 0.3) is 0 Å². The van der Waals surface area contributed by atoms with Crippen molar-refractivity contribution in [2.24, 2.45) is 11.7 Å². The zero-order valence-electron chi connectivity index (χ0n) is 10.9. The molecule has 5 nitrogen and oxygen atoms in total. The molecule has 1 aliphatic heterocycles. The molecule has 1 amide bonds. The number of likely N-dealkylation sites (tertiary alicyclic amines) is 1. The highest BCUT2D eigenvalue weighted by Gasteiger charge is 2.47. The van der Waals surface area contributed by atoms with Crippen LogP contribution in [0.3, 0.4) is 0 Å². The van der Waals surface area contributed by atoms with Gasteiger partial charge in [-0.05, 0) is 39.0 Å². The van der Waals surface area contributed by atoms with Gasteiger partial charge in [-0.15, -0.1) is 0 Å². The lowest BCUT2D eigenvalue weighted by atomic mass is 9.84. The van der Waals surface area contributed by atoms with Gasteiger partial charge in [0, 0.05) is 18.5 Å². The number of carbonyl (C=O) groups excluding carboxylic acids is 1. The fraction of sp³-hybridized carbons (Fsp3) is 0.846. The monoisotopic (exact) mass is 254 g/mol. The zero-order valence-corrected chi connectivity index (χ0v) is 10.9. The van der Waals surface area contributed by atoms with Gasteiger partial charge in [0.15, 0.2) is 0 Å². The molecule has 102 valence electrons. The maximum absolute atomic E-state index is 12.5. The Morgan fingerprint density at radius 3 is 2.67 bits per heavy atom. The van der Waals surface area contributed by atoms with Gasteiger partial charge in [-0.2, -0.15) is 0 Å². The predicted octanol–water partition coefficient (Wildman–Crippen LogP) is 0.970. The van der Waals surface area contributed by atoms with Gasteiger partial charge in [-0.25, -0.2) is 4.79 Å². The Balaban J connectivity index is 2.10. The van der Waals surface area contributed by atoms with Gasteiger partial charge in [0.25, 0.3) is 0 Å². The van der Waals surface area contributed by atoms with Gasteiger partial charge >= 0.3 is 5.97 Å². The van der Waals surface area contributed by atoms with Crippen LogP contribution in [0.1, 0.15) is 45.4 Å². The average Bonchev–Trinajstić information content (AvgIpc) is 2.72. The van der Waals surface area contributed by atoms with Crippen LogP contribution in [0.4, 0.5) is 0 Å². The molecule has 1 saturated carbocycles. The molecule has 1 aliphatic carbocycles. The Labute approximate surface area is 107 Å². The summed E-state index contributed by atoms with van der Waals surface area (Å²) in [6.07, 6.45) is 4.80. The topological polar surface area (TPSA) is 83.6 Å². The van der Waals surface area contributed by atoms with Crippen molar-refractivity contribution in [3.8, 4) is 0 Å². The first kappa shape index (κ1) is 13.3. The third kappa shape index (κ3) is 2.23. The minimum Gasteiger partial charge on any atom is -0.480 e. The Morgan fingerprint density at radius 1 is 1.33 bits per heavy atom. The molecule has 3 N–H and O–H groups in total. The van der Waals surface area contributed by atoms with Crippen LogP contribution < -0.4 is 5.73 Å². The lowest BCUT2D eigenvalue weighted by molar-refractivity contribution is -0.157. The van der Waals surface area contributed by atoms with Crippen LogP contribution in [0, 0.1) is 5.92 Å². The number of rotatable bonds is 2. The fourth-order valence-corrected chi connectivity index (χ4v) is 3.21. The Kier molecular flexibility index (Phi) is 3.61. The first-order chi connectivity index (χ1) is 8.45. The SMILES string of the molecule is CC1(C(=O)O)CCCN1C(=O)C1CCCC(N)C1. The number of aliphatic carboxylic acids is 1. The van der Waals surface area contributed by atoms with Crippen molar-refractivity contribution in [2.75, 3.05) is 6.54 Å². The Hall–Kier alpha value is -1.10. The summed E-state index contributed by atoms with van der Waals surface area (Å²) < 4.78 is 0. The van der Waals surface area contributed by atoms with Crippen LogP contribution in [-0.4, -0.2) is 40.0 Å². The molecular weight excluding hydrogens is 232 g/mol. The summed E-state index contributed by atoms with van der Waals surface area (Å²) in [5.74, 6) is -0.980. The van der Waals surface area contributed by atoms with E-state index in [1.165, 1.54) is 0 Å². The molecule has 0 bridgehead atoms. The largest absolute Gasteiger partial charge is 0.480 e. The summed E-state index contributed by atoms with van der Waals surface area (Å²) in [6, 6.07) is 0.0892. The molecule has 3 unspecified atom stereocenters. The molecule has 1 heterocycles. The van der Waals surface area contributed by atoms with Crippen molar-refractivity contribution in [3.05, 3.63) is 0 Å². The number of carboxylic acid groups (broad SMARTS) is 1. The van der Waals surface area contributed by atoms with Gasteiger partial charge in [-0.1, -0.05) is 6.42 Å². The normalized spacial score (nSPS) is 36.7. The van der Waals surface area contributed by atoms with Gasteiger partial charge in [0.05, 0.1) is 0 Å². The second kappa shape index (κ2) is 4.88. The molecule has 3 atom stereocenters. The highest BCUT2D eigenvalue weighted by atomic mass is 16.4. The summed E-state index contributed by atoms with van der Waals surface area (Å²) in [4.78, 5) is 25.4. The molecule has 2 rings (SSSR count). The van der Waals surface area contributed by atoms with E-state index in [1.807, 2.05) is 0 Å². The number of nitrogens with zero attached hydrogens (tertiary/aromatic N) is 1. The summed E-state index contributed by atoms with van der Waals surface area (Å²) in [5, 5.41) is 9.32. The van der Waals surface area contributed by atoms with E-state index in [0.29, 0.717) is 19.4 Å². The number of hydrogen-bond acceptors (Lipinski definition) is 3. The maximum atomic E-state index is 12.5. The summed E-state index contributed by atoms with van der Waals surface area (Å²) in [6.45, 7) is 2.22. The standard InChI is InChI=1S/C13H22N2O3/c1-13(12(17)18)6-3-7-15(13)11(16)9-4-2-5-10(14)8-9/h9-10H,2-8,14H2,1H3,(H,17,18). The minimum atomic E-state index is -1.02. The van der Waals surface area contributed by atoms with E-state index in [0.717, 1.165) is 25.7 Å². The second-order valence-corrected chi connectivity index (χ2v) is 5.80. The number of nitrogens with two attached hydrogens (primary N) is 1. The quantitative estimate of drug-likeness (QED) is 0.769. The van der Waals surface area contributed by atoms with Gasteiger partial charge in [0.1, 0.15) is 5.54 Å². The van der Waals surface area contributed by atoms with E-state index < -0.39 is 11.5 Å². The van der Waals surface area contributed by atoms with E-state index in [-0.39, 0.29) is 17.9 Å². The molecule has 2 aliphatic rings. The molecule has 0 aromatic carbocycles. The molecule has 0 aromatic rings. The highest BCUT2D eigenvalue weighted by Crippen LogP contribution is 2.34. The van der Waals surface area contributed by atoms with Crippen LogP contribution in [0.15, 0.2) is 0 Å². The first-order valence-corrected chi connectivity index (χ1v) is 6.75. The molecule has 18 heavy (non-hydrogen) atoms.